The van der Waals surface area contributed by atoms with Crippen molar-refractivity contribution in [2.75, 3.05) is 5.73 Å². The lowest BCUT2D eigenvalue weighted by atomic mass is 10.1. The quantitative estimate of drug-likeness (QED) is 0.561. The van der Waals surface area contributed by atoms with Crippen molar-refractivity contribution in [2.24, 2.45) is 0 Å². The standard InChI is InChI=1S/C19H14N4O/c1-11-6-7-13(24)9-16(11)23-17-8-12-4-2-3-5-15(12)22-18(17)14(10-20)19(23)21/h2-9,24H,21H2,1H3. The first-order chi connectivity index (χ1) is 11.6. The molecule has 3 N–H and O–H groups in total. The molecule has 0 spiro atoms. The Morgan fingerprint density at radius 1 is 1.17 bits per heavy atom. The van der Waals surface area contributed by atoms with E-state index in [9.17, 15) is 10.4 Å². The molecule has 0 aliphatic heterocycles. The van der Waals surface area contributed by atoms with Crippen LogP contribution in [0.25, 0.3) is 27.6 Å². The molecule has 4 aromatic rings. The molecule has 2 heterocycles. The molecule has 0 saturated heterocycles. The van der Waals surface area contributed by atoms with Gasteiger partial charge in [-0.2, -0.15) is 5.26 Å². The number of hydrogen-bond acceptors (Lipinski definition) is 4. The third kappa shape index (κ3) is 1.90. The predicted octanol–water partition coefficient (Wildman–Crippen LogP) is 3.65. The lowest BCUT2D eigenvalue weighted by molar-refractivity contribution is 0.475. The summed E-state index contributed by atoms with van der Waals surface area (Å²) in [5, 5.41) is 20.4. The number of rotatable bonds is 1. The van der Waals surface area contributed by atoms with E-state index in [1.807, 2.05) is 43.3 Å². The monoisotopic (exact) mass is 314 g/mol. The van der Waals surface area contributed by atoms with Crippen molar-refractivity contribution in [1.29, 1.82) is 5.26 Å². The molecule has 5 nitrogen and oxygen atoms in total. The van der Waals surface area contributed by atoms with Gasteiger partial charge in [-0.1, -0.05) is 24.3 Å². The summed E-state index contributed by atoms with van der Waals surface area (Å²) in [7, 11) is 0. The number of benzene rings is 2. The third-order valence-electron chi connectivity index (χ3n) is 4.22. The van der Waals surface area contributed by atoms with Crippen LogP contribution < -0.4 is 5.73 Å². The maximum Gasteiger partial charge on any atom is 0.129 e. The second-order valence-corrected chi connectivity index (χ2v) is 5.73. The summed E-state index contributed by atoms with van der Waals surface area (Å²) in [6.07, 6.45) is 0. The maximum atomic E-state index is 9.86. The van der Waals surface area contributed by atoms with Gasteiger partial charge in [-0.15, -0.1) is 0 Å². The van der Waals surface area contributed by atoms with Crippen LogP contribution in [0.1, 0.15) is 11.1 Å². The number of aromatic hydroxyl groups is 1. The van der Waals surface area contributed by atoms with Gasteiger partial charge in [0.25, 0.3) is 0 Å². The van der Waals surface area contributed by atoms with Gasteiger partial charge in [0.05, 0.1) is 16.7 Å². The molecule has 0 atom stereocenters. The molecule has 4 rings (SSSR count). The van der Waals surface area contributed by atoms with Gasteiger partial charge in [0.15, 0.2) is 0 Å². The molecule has 2 aromatic carbocycles. The number of para-hydroxylation sites is 1. The van der Waals surface area contributed by atoms with Gasteiger partial charge in [0.2, 0.25) is 0 Å². The first kappa shape index (κ1) is 14.1. The molecule has 0 fully saturated rings. The third-order valence-corrected chi connectivity index (χ3v) is 4.22. The number of nitriles is 1. The molecule has 0 aliphatic rings. The van der Waals surface area contributed by atoms with Crippen molar-refractivity contribution < 1.29 is 5.11 Å². The van der Waals surface area contributed by atoms with E-state index in [2.05, 4.69) is 11.1 Å². The van der Waals surface area contributed by atoms with Crippen LogP contribution in [0.3, 0.4) is 0 Å². The Morgan fingerprint density at radius 3 is 2.75 bits per heavy atom. The van der Waals surface area contributed by atoms with Crippen LogP contribution in [0.15, 0.2) is 48.5 Å². The second kappa shape index (κ2) is 5.00. The number of hydrogen-bond donors (Lipinski definition) is 2. The number of nitrogen functional groups attached to an aromatic ring is 1. The smallest absolute Gasteiger partial charge is 0.129 e. The van der Waals surface area contributed by atoms with Gasteiger partial charge >= 0.3 is 0 Å². The summed E-state index contributed by atoms with van der Waals surface area (Å²) in [5.41, 5.74) is 10.4. The lowest BCUT2D eigenvalue weighted by Crippen LogP contribution is -2.02. The Morgan fingerprint density at radius 2 is 1.96 bits per heavy atom. The van der Waals surface area contributed by atoms with E-state index in [4.69, 9.17) is 5.73 Å². The van der Waals surface area contributed by atoms with Crippen LogP contribution in [0.4, 0.5) is 5.82 Å². The van der Waals surface area contributed by atoms with E-state index >= 15 is 0 Å². The minimum atomic E-state index is 0.143. The highest BCUT2D eigenvalue weighted by molar-refractivity contribution is 5.98. The van der Waals surface area contributed by atoms with Crippen LogP contribution in [0.5, 0.6) is 5.75 Å². The Bertz CT molecular complexity index is 1150. The SMILES string of the molecule is Cc1ccc(O)cc1-n1c(N)c(C#N)c2nc3ccccc3cc21. The molecule has 5 heteroatoms. The van der Waals surface area contributed by atoms with E-state index in [1.165, 1.54) is 0 Å². The van der Waals surface area contributed by atoms with Gasteiger partial charge < -0.3 is 10.8 Å². The van der Waals surface area contributed by atoms with Crippen molar-refractivity contribution in [1.82, 2.24) is 9.55 Å². The summed E-state index contributed by atoms with van der Waals surface area (Å²) in [4.78, 5) is 4.62. The minimum absolute atomic E-state index is 0.143. The zero-order chi connectivity index (χ0) is 16.8. The van der Waals surface area contributed by atoms with Gasteiger partial charge in [0.1, 0.15) is 28.7 Å². The number of fused-ring (bicyclic) bond motifs is 2. The average Bonchev–Trinajstić information content (AvgIpc) is 2.85. The normalized spacial score (nSPS) is 11.0. The Kier molecular flexibility index (Phi) is 2.94. The molecule has 0 amide bonds. The Labute approximate surface area is 138 Å². The molecular formula is C19H14N4O. The molecular weight excluding hydrogens is 300 g/mol. The van der Waals surface area contributed by atoms with Crippen molar-refractivity contribution in [3.05, 3.63) is 59.7 Å². The highest BCUT2D eigenvalue weighted by atomic mass is 16.3. The summed E-state index contributed by atoms with van der Waals surface area (Å²) in [6.45, 7) is 1.93. The van der Waals surface area contributed by atoms with Crippen molar-refractivity contribution in [3.8, 4) is 17.5 Å². The van der Waals surface area contributed by atoms with Crippen molar-refractivity contribution >= 4 is 27.8 Å². The molecule has 0 bridgehead atoms. The Hall–Kier alpha value is -3.52. The fraction of sp³-hybridized carbons (Fsp3) is 0.0526. The minimum Gasteiger partial charge on any atom is -0.508 e. The van der Waals surface area contributed by atoms with E-state index in [0.717, 1.165) is 27.7 Å². The van der Waals surface area contributed by atoms with Gasteiger partial charge in [0, 0.05) is 11.5 Å². The summed E-state index contributed by atoms with van der Waals surface area (Å²) >= 11 is 0. The number of anilines is 1. The van der Waals surface area contributed by atoms with E-state index in [1.54, 1.807) is 16.7 Å². The number of aryl methyl sites for hydroxylation is 1. The summed E-state index contributed by atoms with van der Waals surface area (Å²) in [5.74, 6) is 0.466. The second-order valence-electron chi connectivity index (χ2n) is 5.73. The number of phenols is 1. The lowest BCUT2D eigenvalue weighted by Gasteiger charge is -2.12. The maximum absolute atomic E-state index is 9.86. The number of phenolic OH excluding ortho intramolecular Hbond substituents is 1. The molecule has 0 unspecified atom stereocenters. The molecule has 0 aliphatic carbocycles. The highest BCUT2D eigenvalue weighted by Crippen LogP contribution is 2.34. The topological polar surface area (TPSA) is 87.9 Å². The van der Waals surface area contributed by atoms with Crippen LogP contribution in [-0.2, 0) is 0 Å². The van der Waals surface area contributed by atoms with Gasteiger partial charge in [-0.25, -0.2) is 4.98 Å². The summed E-state index contributed by atoms with van der Waals surface area (Å²) in [6, 6.07) is 16.9. The van der Waals surface area contributed by atoms with Crippen molar-refractivity contribution in [2.45, 2.75) is 6.92 Å². The van der Waals surface area contributed by atoms with E-state index in [-0.39, 0.29) is 5.75 Å². The first-order valence-electron chi connectivity index (χ1n) is 7.50. The number of nitrogens with zero attached hydrogens (tertiary/aromatic N) is 3. The van der Waals surface area contributed by atoms with Crippen LogP contribution in [0.2, 0.25) is 0 Å². The number of aromatic nitrogens is 2. The van der Waals surface area contributed by atoms with Crippen molar-refractivity contribution in [3.63, 3.8) is 0 Å². The number of nitrogens with two attached hydrogens (primary N) is 1. The zero-order valence-electron chi connectivity index (χ0n) is 13.0. The largest absolute Gasteiger partial charge is 0.508 e. The van der Waals surface area contributed by atoms with Crippen LogP contribution in [0, 0.1) is 18.3 Å². The summed E-state index contributed by atoms with van der Waals surface area (Å²) < 4.78 is 1.78. The molecule has 0 radical (unpaired) electrons. The molecule has 0 saturated carbocycles. The van der Waals surface area contributed by atoms with Crippen LogP contribution >= 0.6 is 0 Å². The fourth-order valence-corrected chi connectivity index (χ4v) is 3.03. The van der Waals surface area contributed by atoms with E-state index in [0.29, 0.717) is 16.9 Å². The highest BCUT2D eigenvalue weighted by Gasteiger charge is 2.19. The predicted molar refractivity (Wildman–Crippen MR) is 94.1 cm³/mol. The van der Waals surface area contributed by atoms with Crippen LogP contribution in [-0.4, -0.2) is 14.7 Å². The average molecular weight is 314 g/mol. The van der Waals surface area contributed by atoms with Gasteiger partial charge in [-0.05, 0) is 30.7 Å². The molecule has 116 valence electrons. The molecule has 2 aromatic heterocycles. The first-order valence-corrected chi connectivity index (χ1v) is 7.50. The van der Waals surface area contributed by atoms with Gasteiger partial charge in [-0.3, -0.25) is 4.57 Å². The number of pyridine rings is 1. The Balaban J connectivity index is 2.19. The zero-order valence-corrected chi connectivity index (χ0v) is 13.0. The molecule has 24 heavy (non-hydrogen) atoms. The van der Waals surface area contributed by atoms with E-state index < -0.39 is 0 Å². The fourth-order valence-electron chi connectivity index (χ4n) is 3.03.